The lowest BCUT2D eigenvalue weighted by molar-refractivity contribution is -0.178. The minimum atomic E-state index is -1.92. The first-order valence-corrected chi connectivity index (χ1v) is 8.43. The largest absolute Gasteiger partial charge is 0.465 e. The molecule has 0 aromatic rings. The number of ether oxygens (including phenoxy) is 3. The number of hydrogen-bond donors (Lipinski definition) is 0. The lowest BCUT2D eigenvalue weighted by Crippen LogP contribution is -2.56. The Hall–Kier alpha value is -1.89. The van der Waals surface area contributed by atoms with E-state index in [0.717, 1.165) is 19.3 Å². The zero-order chi connectivity index (χ0) is 17.7. The highest BCUT2D eigenvalue weighted by Gasteiger charge is 2.64. The van der Waals surface area contributed by atoms with Crippen LogP contribution in [0.3, 0.4) is 0 Å². The van der Waals surface area contributed by atoms with Crippen LogP contribution in [0, 0.1) is 5.41 Å². The van der Waals surface area contributed by atoms with Gasteiger partial charge in [-0.25, -0.2) is 0 Å². The summed E-state index contributed by atoms with van der Waals surface area (Å²) in [5.41, 5.74) is -1.71. The van der Waals surface area contributed by atoms with Crippen LogP contribution >= 0.6 is 0 Å². The summed E-state index contributed by atoms with van der Waals surface area (Å²) in [6, 6.07) is 0. The van der Waals surface area contributed by atoms with Crippen molar-refractivity contribution in [2.45, 2.75) is 39.2 Å². The quantitative estimate of drug-likeness (QED) is 0.423. The molecule has 0 aromatic carbocycles. The molecule has 2 aliphatic heterocycles. The third-order valence-electron chi connectivity index (χ3n) is 4.46. The Labute approximate surface area is 141 Å². The maximum absolute atomic E-state index is 12.9. The van der Waals surface area contributed by atoms with E-state index >= 15 is 0 Å². The minimum absolute atomic E-state index is 0.0537. The molecule has 0 N–H and O–H groups in total. The fraction of sp³-hybridized carbons (Fsp3) is 0.706. The van der Waals surface area contributed by atoms with Gasteiger partial charge in [-0.1, -0.05) is 6.58 Å². The molecular formula is C17H25NO6. The highest BCUT2D eigenvalue weighted by Crippen LogP contribution is 2.42. The van der Waals surface area contributed by atoms with E-state index in [1.54, 1.807) is 18.7 Å². The van der Waals surface area contributed by atoms with Crippen LogP contribution in [-0.4, -0.2) is 61.8 Å². The SMILES string of the molecule is C=C1COC(C(=O)N2CCCCC2)C1(C(=O)OCC)C(=O)OCC. The molecule has 1 amide bonds. The Morgan fingerprint density at radius 2 is 1.67 bits per heavy atom. The van der Waals surface area contributed by atoms with Crippen molar-refractivity contribution in [3.63, 3.8) is 0 Å². The van der Waals surface area contributed by atoms with Gasteiger partial charge in [0.05, 0.1) is 19.8 Å². The van der Waals surface area contributed by atoms with E-state index in [4.69, 9.17) is 14.2 Å². The Balaban J connectivity index is 2.39. The Morgan fingerprint density at radius 1 is 1.12 bits per heavy atom. The third kappa shape index (κ3) is 3.05. The van der Waals surface area contributed by atoms with Gasteiger partial charge in [-0.05, 0) is 38.7 Å². The molecule has 0 radical (unpaired) electrons. The molecular weight excluding hydrogens is 314 g/mol. The van der Waals surface area contributed by atoms with Gasteiger partial charge in [-0.15, -0.1) is 0 Å². The van der Waals surface area contributed by atoms with Crippen LogP contribution in [0.4, 0.5) is 0 Å². The molecule has 2 aliphatic rings. The van der Waals surface area contributed by atoms with Gasteiger partial charge in [-0.2, -0.15) is 0 Å². The van der Waals surface area contributed by atoms with Gasteiger partial charge >= 0.3 is 11.9 Å². The van der Waals surface area contributed by atoms with E-state index in [9.17, 15) is 14.4 Å². The molecule has 1 unspecified atom stereocenters. The molecule has 7 heteroatoms. The molecule has 0 aromatic heterocycles. The zero-order valence-corrected chi connectivity index (χ0v) is 14.3. The van der Waals surface area contributed by atoms with Crippen LogP contribution in [0.1, 0.15) is 33.1 Å². The smallest absolute Gasteiger partial charge is 0.331 e. The van der Waals surface area contributed by atoms with Gasteiger partial charge in [0, 0.05) is 13.1 Å². The first-order valence-electron chi connectivity index (χ1n) is 8.43. The van der Waals surface area contributed by atoms with Crippen molar-refractivity contribution in [3.05, 3.63) is 12.2 Å². The standard InChI is InChI=1S/C17H25NO6/c1-4-22-15(20)17(16(21)23-5-2)12(3)11-24-13(17)14(19)18-9-7-6-8-10-18/h13H,3-11H2,1-2H3. The second kappa shape index (κ2) is 7.79. The van der Waals surface area contributed by atoms with Gasteiger partial charge in [0.1, 0.15) is 0 Å². The lowest BCUT2D eigenvalue weighted by Gasteiger charge is -2.34. The van der Waals surface area contributed by atoms with E-state index in [2.05, 4.69) is 6.58 Å². The summed E-state index contributed by atoms with van der Waals surface area (Å²) in [7, 11) is 0. The number of rotatable bonds is 5. The number of nitrogens with zero attached hydrogens (tertiary/aromatic N) is 1. The summed E-state index contributed by atoms with van der Waals surface area (Å²) in [6.07, 6.45) is 1.57. The Kier molecular flexibility index (Phi) is 5.99. The van der Waals surface area contributed by atoms with Crippen molar-refractivity contribution < 1.29 is 28.6 Å². The molecule has 0 saturated carbocycles. The predicted octanol–water partition coefficient (Wildman–Crippen LogP) is 1.07. The van der Waals surface area contributed by atoms with E-state index < -0.39 is 23.5 Å². The molecule has 2 rings (SSSR count). The minimum Gasteiger partial charge on any atom is -0.465 e. The van der Waals surface area contributed by atoms with Gasteiger partial charge in [0.25, 0.3) is 5.91 Å². The average Bonchev–Trinajstić information content (AvgIpc) is 2.93. The van der Waals surface area contributed by atoms with Crippen molar-refractivity contribution >= 4 is 17.8 Å². The van der Waals surface area contributed by atoms with E-state index in [-0.39, 0.29) is 31.3 Å². The maximum atomic E-state index is 12.9. The van der Waals surface area contributed by atoms with Crippen LogP contribution in [0.25, 0.3) is 0 Å². The number of esters is 2. The fourth-order valence-electron chi connectivity index (χ4n) is 3.22. The number of piperidine rings is 1. The molecule has 7 nitrogen and oxygen atoms in total. The van der Waals surface area contributed by atoms with E-state index in [1.165, 1.54) is 0 Å². The number of hydrogen-bond acceptors (Lipinski definition) is 6. The molecule has 0 aliphatic carbocycles. The fourth-order valence-corrected chi connectivity index (χ4v) is 3.22. The second-order valence-corrected chi connectivity index (χ2v) is 5.93. The van der Waals surface area contributed by atoms with Gasteiger partial charge in [0.15, 0.2) is 6.10 Å². The molecule has 0 bridgehead atoms. The Bertz CT molecular complexity index is 505. The lowest BCUT2D eigenvalue weighted by atomic mass is 9.77. The Morgan fingerprint density at radius 3 is 2.17 bits per heavy atom. The van der Waals surface area contributed by atoms with Gasteiger partial charge < -0.3 is 19.1 Å². The molecule has 0 spiro atoms. The van der Waals surface area contributed by atoms with Crippen LogP contribution in [0.5, 0.6) is 0 Å². The zero-order valence-electron chi connectivity index (χ0n) is 14.3. The predicted molar refractivity (Wildman–Crippen MR) is 85.0 cm³/mol. The number of carbonyl (C=O) groups is 3. The normalized spacial score (nSPS) is 23.0. The van der Waals surface area contributed by atoms with Crippen molar-refractivity contribution in [2.75, 3.05) is 32.9 Å². The molecule has 1 atom stereocenters. The van der Waals surface area contributed by atoms with E-state index in [1.807, 2.05) is 0 Å². The number of likely N-dealkylation sites (tertiary alicyclic amines) is 1. The molecule has 134 valence electrons. The van der Waals surface area contributed by atoms with E-state index in [0.29, 0.717) is 13.1 Å². The summed E-state index contributed by atoms with van der Waals surface area (Å²) in [6.45, 7) is 8.36. The summed E-state index contributed by atoms with van der Waals surface area (Å²) in [5.74, 6) is -2.04. The van der Waals surface area contributed by atoms with Crippen molar-refractivity contribution in [1.82, 2.24) is 4.90 Å². The summed E-state index contributed by atoms with van der Waals surface area (Å²) >= 11 is 0. The van der Waals surface area contributed by atoms with Gasteiger partial charge in [0.2, 0.25) is 5.41 Å². The first-order chi connectivity index (χ1) is 11.5. The average molecular weight is 339 g/mol. The maximum Gasteiger partial charge on any atom is 0.331 e. The van der Waals surface area contributed by atoms with Crippen LogP contribution in [0.2, 0.25) is 0 Å². The summed E-state index contributed by atoms with van der Waals surface area (Å²) in [4.78, 5) is 39.9. The number of carbonyl (C=O) groups excluding carboxylic acids is 3. The summed E-state index contributed by atoms with van der Waals surface area (Å²) in [5, 5.41) is 0. The van der Waals surface area contributed by atoms with Crippen LogP contribution in [0.15, 0.2) is 12.2 Å². The summed E-state index contributed by atoms with van der Waals surface area (Å²) < 4.78 is 15.7. The second-order valence-electron chi connectivity index (χ2n) is 5.93. The monoisotopic (exact) mass is 339 g/mol. The molecule has 2 fully saturated rings. The van der Waals surface area contributed by atoms with Crippen molar-refractivity contribution in [3.8, 4) is 0 Å². The van der Waals surface area contributed by atoms with Gasteiger partial charge in [-0.3, -0.25) is 14.4 Å². The highest BCUT2D eigenvalue weighted by atomic mass is 16.6. The van der Waals surface area contributed by atoms with Crippen molar-refractivity contribution in [2.24, 2.45) is 5.41 Å². The van der Waals surface area contributed by atoms with Crippen LogP contribution < -0.4 is 0 Å². The third-order valence-corrected chi connectivity index (χ3v) is 4.46. The topological polar surface area (TPSA) is 82.1 Å². The molecule has 2 saturated heterocycles. The molecule has 24 heavy (non-hydrogen) atoms. The molecule has 2 heterocycles. The first kappa shape index (κ1) is 18.4. The van der Waals surface area contributed by atoms with Crippen molar-refractivity contribution in [1.29, 1.82) is 0 Å². The highest BCUT2D eigenvalue weighted by molar-refractivity contribution is 6.09. The number of amides is 1. The van der Waals surface area contributed by atoms with Crippen LogP contribution in [-0.2, 0) is 28.6 Å².